The molecule has 0 saturated heterocycles. The fourth-order valence-electron chi connectivity index (χ4n) is 3.27. The number of para-hydroxylation sites is 1. The van der Waals surface area contributed by atoms with Crippen molar-refractivity contribution in [3.8, 4) is 17.0 Å². The van der Waals surface area contributed by atoms with Crippen molar-refractivity contribution >= 4 is 17.5 Å². The van der Waals surface area contributed by atoms with Gasteiger partial charge in [-0.15, -0.1) is 0 Å². The maximum Gasteiger partial charge on any atom is 0.319 e. The molecule has 0 bridgehead atoms. The summed E-state index contributed by atoms with van der Waals surface area (Å²) in [5, 5.41) is 0.630. The van der Waals surface area contributed by atoms with Gasteiger partial charge in [0.05, 0.1) is 6.61 Å². The summed E-state index contributed by atoms with van der Waals surface area (Å²) < 4.78 is 13.2. The van der Waals surface area contributed by atoms with E-state index in [1.165, 1.54) is 4.57 Å². The third-order valence-electron chi connectivity index (χ3n) is 4.94. The molecular weight excluding hydrogens is 414 g/mol. The van der Waals surface area contributed by atoms with Crippen LogP contribution in [0.1, 0.15) is 34.3 Å². The molecule has 0 radical (unpaired) electrons. The number of halogens is 1. The van der Waals surface area contributed by atoms with Crippen molar-refractivity contribution in [2.24, 2.45) is 0 Å². The van der Waals surface area contributed by atoms with Crippen LogP contribution in [0.5, 0.6) is 5.75 Å². The molecule has 0 atom stereocenters. The summed E-state index contributed by atoms with van der Waals surface area (Å²) in [5.41, 5.74) is 2.56. The molecule has 6 nitrogen and oxygen atoms in total. The van der Waals surface area contributed by atoms with E-state index in [9.17, 15) is 4.79 Å². The van der Waals surface area contributed by atoms with Gasteiger partial charge in [0.15, 0.2) is 0 Å². The van der Waals surface area contributed by atoms with Gasteiger partial charge in [-0.05, 0) is 44.0 Å². The predicted octanol–water partition coefficient (Wildman–Crippen LogP) is 5.51. The van der Waals surface area contributed by atoms with E-state index in [0.29, 0.717) is 41.7 Å². The Hall–Kier alpha value is -3.38. The minimum Gasteiger partial charge on any atom is -0.493 e. The Kier molecular flexibility index (Phi) is 6.18. The van der Waals surface area contributed by atoms with E-state index < -0.39 is 0 Å². The molecule has 0 fully saturated rings. The van der Waals surface area contributed by atoms with Crippen molar-refractivity contribution in [3.05, 3.63) is 89.0 Å². The Morgan fingerprint density at radius 1 is 1.13 bits per heavy atom. The Bertz CT molecular complexity index is 1200. The summed E-state index contributed by atoms with van der Waals surface area (Å²) >= 11 is 6.03. The third kappa shape index (κ3) is 4.70. The molecule has 7 heteroatoms. The molecule has 2 heterocycles. The number of hydrogen-bond acceptors (Lipinski definition) is 5. The highest BCUT2D eigenvalue weighted by molar-refractivity contribution is 6.30. The quantitative estimate of drug-likeness (QED) is 0.358. The van der Waals surface area contributed by atoms with Crippen molar-refractivity contribution in [2.45, 2.75) is 26.7 Å². The normalized spacial score (nSPS) is 10.9. The van der Waals surface area contributed by atoms with E-state index >= 15 is 0 Å². The fourth-order valence-corrected chi connectivity index (χ4v) is 3.40. The molecule has 158 valence electrons. The van der Waals surface area contributed by atoms with Crippen molar-refractivity contribution in [2.75, 3.05) is 6.61 Å². The number of carbonyl (C=O) groups is 1. The second-order valence-electron chi connectivity index (χ2n) is 7.16. The van der Waals surface area contributed by atoms with E-state index in [0.717, 1.165) is 16.9 Å². The first kappa shape index (κ1) is 20.9. The number of nitrogens with zero attached hydrogens (tertiary/aromatic N) is 3. The molecule has 0 spiro atoms. The lowest BCUT2D eigenvalue weighted by Crippen LogP contribution is -2.13. The summed E-state index contributed by atoms with van der Waals surface area (Å²) in [6.07, 6.45) is 4.45. The standard InChI is InChI=1S/C24H22ClN3O3/c1-16-6-3-4-7-20(16)30-15-5-8-21-22(18-9-11-19(25)12-10-18)27-23(31-21)24(29)28-14-13-26-17(28)2/h3-4,6-7,9-14H,5,8,15H2,1-2H3. The molecule has 4 aromatic rings. The summed E-state index contributed by atoms with van der Waals surface area (Å²) in [4.78, 5) is 21.5. The van der Waals surface area contributed by atoms with E-state index in [4.69, 9.17) is 20.8 Å². The van der Waals surface area contributed by atoms with Gasteiger partial charge in [0.2, 0.25) is 0 Å². The molecule has 0 aliphatic carbocycles. The predicted molar refractivity (Wildman–Crippen MR) is 119 cm³/mol. The molecular formula is C24H22ClN3O3. The van der Waals surface area contributed by atoms with Crippen molar-refractivity contribution < 1.29 is 13.9 Å². The van der Waals surface area contributed by atoms with E-state index in [1.807, 2.05) is 43.3 Å². The number of aromatic nitrogens is 3. The molecule has 0 unspecified atom stereocenters. The first-order valence-electron chi connectivity index (χ1n) is 10.0. The highest BCUT2D eigenvalue weighted by atomic mass is 35.5. The lowest BCUT2D eigenvalue weighted by molar-refractivity contribution is 0.0921. The number of hydrogen-bond donors (Lipinski definition) is 0. The van der Waals surface area contributed by atoms with E-state index in [2.05, 4.69) is 9.97 Å². The van der Waals surface area contributed by atoms with Crippen LogP contribution >= 0.6 is 11.6 Å². The Morgan fingerprint density at radius 3 is 2.61 bits per heavy atom. The molecule has 0 aliphatic heterocycles. The van der Waals surface area contributed by atoms with Gasteiger partial charge in [-0.2, -0.15) is 0 Å². The Balaban J connectivity index is 1.55. The van der Waals surface area contributed by atoms with Crippen LogP contribution in [0.2, 0.25) is 5.02 Å². The zero-order valence-electron chi connectivity index (χ0n) is 17.3. The van der Waals surface area contributed by atoms with Gasteiger partial charge in [0.1, 0.15) is 23.0 Å². The van der Waals surface area contributed by atoms with Crippen molar-refractivity contribution in [1.29, 1.82) is 0 Å². The maximum absolute atomic E-state index is 12.9. The van der Waals surface area contributed by atoms with Crippen LogP contribution in [0.25, 0.3) is 11.3 Å². The third-order valence-corrected chi connectivity index (χ3v) is 5.19. The summed E-state index contributed by atoms with van der Waals surface area (Å²) in [7, 11) is 0. The lowest BCUT2D eigenvalue weighted by atomic mass is 10.1. The maximum atomic E-state index is 12.9. The lowest BCUT2D eigenvalue weighted by Gasteiger charge is -2.08. The number of carbonyl (C=O) groups excluding carboxylic acids is 1. The zero-order chi connectivity index (χ0) is 21.8. The minimum absolute atomic E-state index is 0.0286. The van der Waals surface area contributed by atoms with E-state index in [-0.39, 0.29) is 11.8 Å². The second kappa shape index (κ2) is 9.18. The second-order valence-corrected chi connectivity index (χ2v) is 7.60. The first-order valence-corrected chi connectivity index (χ1v) is 10.4. The van der Waals surface area contributed by atoms with Crippen LogP contribution in [-0.4, -0.2) is 27.0 Å². The number of ether oxygens (including phenoxy) is 1. The summed E-state index contributed by atoms with van der Waals surface area (Å²) in [6.45, 7) is 4.29. The molecule has 2 aromatic carbocycles. The largest absolute Gasteiger partial charge is 0.493 e. The number of oxazole rings is 1. The van der Waals surface area contributed by atoms with Gasteiger partial charge >= 0.3 is 5.91 Å². The number of aryl methyl sites for hydroxylation is 3. The topological polar surface area (TPSA) is 70.2 Å². The SMILES string of the molecule is Cc1ccccc1OCCCc1oc(C(=O)n2ccnc2C)nc1-c1ccc(Cl)cc1. The van der Waals surface area contributed by atoms with Crippen molar-refractivity contribution in [3.63, 3.8) is 0 Å². The van der Waals surface area contributed by atoms with Gasteiger partial charge < -0.3 is 9.15 Å². The number of benzene rings is 2. The monoisotopic (exact) mass is 435 g/mol. The van der Waals surface area contributed by atoms with Gasteiger partial charge in [-0.25, -0.2) is 9.97 Å². The smallest absolute Gasteiger partial charge is 0.319 e. The molecule has 0 aliphatic rings. The van der Waals surface area contributed by atoms with Crippen molar-refractivity contribution in [1.82, 2.24) is 14.5 Å². The highest BCUT2D eigenvalue weighted by Gasteiger charge is 2.22. The number of imidazole rings is 1. The molecule has 0 N–H and O–H groups in total. The molecule has 4 rings (SSSR count). The minimum atomic E-state index is -0.354. The molecule has 31 heavy (non-hydrogen) atoms. The van der Waals surface area contributed by atoms with Gasteiger partial charge in [0, 0.05) is 29.4 Å². The fraction of sp³-hybridized carbons (Fsp3) is 0.208. The number of rotatable bonds is 7. The van der Waals surface area contributed by atoms with Crippen LogP contribution in [0.4, 0.5) is 0 Å². The summed E-state index contributed by atoms with van der Waals surface area (Å²) in [5.74, 6) is 1.75. The average Bonchev–Trinajstić information content (AvgIpc) is 3.39. The molecule has 2 aromatic heterocycles. The summed E-state index contributed by atoms with van der Waals surface area (Å²) in [6, 6.07) is 15.2. The van der Waals surface area contributed by atoms with Gasteiger partial charge in [0.25, 0.3) is 5.89 Å². The molecule has 0 amide bonds. The van der Waals surface area contributed by atoms with Crippen LogP contribution in [0.3, 0.4) is 0 Å². The van der Waals surface area contributed by atoms with Crippen LogP contribution < -0.4 is 4.74 Å². The Morgan fingerprint density at radius 2 is 1.90 bits per heavy atom. The molecule has 0 saturated carbocycles. The van der Waals surface area contributed by atoms with Gasteiger partial charge in [-0.3, -0.25) is 9.36 Å². The first-order chi connectivity index (χ1) is 15.0. The zero-order valence-corrected chi connectivity index (χ0v) is 18.1. The van der Waals surface area contributed by atoms with E-state index in [1.54, 1.807) is 31.5 Å². The van der Waals surface area contributed by atoms with Crippen LogP contribution in [0.15, 0.2) is 65.3 Å². The average molecular weight is 436 g/mol. The highest BCUT2D eigenvalue weighted by Crippen LogP contribution is 2.27. The van der Waals surface area contributed by atoms with Gasteiger partial charge in [-0.1, -0.05) is 41.9 Å². The van der Waals surface area contributed by atoms with Crippen LogP contribution in [-0.2, 0) is 6.42 Å². The van der Waals surface area contributed by atoms with Crippen LogP contribution in [0, 0.1) is 13.8 Å². The Labute approximate surface area is 185 Å².